The van der Waals surface area contributed by atoms with Crippen molar-refractivity contribution in [2.75, 3.05) is 27.2 Å². The lowest BCUT2D eigenvalue weighted by Crippen LogP contribution is -2.33. The van der Waals surface area contributed by atoms with Crippen molar-refractivity contribution < 1.29 is 4.79 Å². The molecule has 0 unspecified atom stereocenters. The molecular weight excluding hydrogens is 202 g/mol. The molecule has 4 nitrogen and oxygen atoms in total. The molecule has 0 radical (unpaired) electrons. The minimum atomic E-state index is 0.170. The summed E-state index contributed by atoms with van der Waals surface area (Å²) in [7, 11) is 3.55. The van der Waals surface area contributed by atoms with E-state index in [2.05, 4.69) is 24.8 Å². The molecule has 0 aromatic carbocycles. The van der Waals surface area contributed by atoms with Crippen molar-refractivity contribution in [1.82, 2.24) is 9.80 Å². The molecule has 0 fully saturated rings. The van der Waals surface area contributed by atoms with Gasteiger partial charge in [0.1, 0.15) is 0 Å². The predicted molar refractivity (Wildman–Crippen MR) is 64.9 cm³/mol. The molecule has 0 aliphatic rings. The zero-order valence-corrected chi connectivity index (χ0v) is 10.9. The van der Waals surface area contributed by atoms with Crippen LogP contribution >= 0.6 is 0 Å². The smallest absolute Gasteiger partial charge is 0.222 e. The van der Waals surface area contributed by atoms with Crippen LogP contribution in [0.15, 0.2) is 0 Å². The summed E-state index contributed by atoms with van der Waals surface area (Å²) in [4.78, 5) is 15.2. The van der Waals surface area contributed by atoms with Crippen LogP contribution in [0.3, 0.4) is 0 Å². The van der Waals surface area contributed by atoms with E-state index in [1.54, 1.807) is 19.0 Å². The number of hydrogen-bond acceptors (Lipinski definition) is 3. The number of nitriles is 1. The Morgan fingerprint density at radius 1 is 1.31 bits per heavy atom. The predicted octanol–water partition coefficient (Wildman–Crippen LogP) is 1.48. The van der Waals surface area contributed by atoms with Crippen LogP contribution in [0.25, 0.3) is 0 Å². The number of rotatable bonds is 7. The summed E-state index contributed by atoms with van der Waals surface area (Å²) in [6, 6.07) is 2.59. The minimum absolute atomic E-state index is 0.170. The Hall–Kier alpha value is -1.08. The first-order valence-electron chi connectivity index (χ1n) is 5.80. The van der Waals surface area contributed by atoms with Crippen molar-refractivity contribution in [3.05, 3.63) is 0 Å². The van der Waals surface area contributed by atoms with Crippen LogP contribution in [0.2, 0.25) is 0 Å². The van der Waals surface area contributed by atoms with Gasteiger partial charge in [0.2, 0.25) is 5.91 Å². The number of amides is 1. The Balaban J connectivity index is 3.85. The summed E-state index contributed by atoms with van der Waals surface area (Å²) < 4.78 is 0. The zero-order chi connectivity index (χ0) is 12.6. The third kappa shape index (κ3) is 6.41. The molecule has 0 aromatic rings. The Morgan fingerprint density at radius 3 is 2.38 bits per heavy atom. The molecule has 0 rings (SSSR count). The Kier molecular flexibility index (Phi) is 7.57. The molecule has 0 saturated carbocycles. The molecule has 0 heterocycles. The molecule has 0 atom stereocenters. The Bertz CT molecular complexity index is 243. The fourth-order valence-electron chi connectivity index (χ4n) is 1.48. The van der Waals surface area contributed by atoms with Gasteiger partial charge < -0.3 is 4.90 Å². The largest absolute Gasteiger partial charge is 0.349 e. The number of hydrogen-bond donors (Lipinski definition) is 0. The van der Waals surface area contributed by atoms with Gasteiger partial charge in [0.25, 0.3) is 0 Å². The van der Waals surface area contributed by atoms with Crippen molar-refractivity contribution in [2.45, 2.75) is 39.2 Å². The quantitative estimate of drug-likeness (QED) is 0.659. The highest BCUT2D eigenvalue weighted by Crippen LogP contribution is 2.03. The van der Waals surface area contributed by atoms with E-state index >= 15 is 0 Å². The lowest BCUT2D eigenvalue weighted by Gasteiger charge is -2.25. The average molecular weight is 225 g/mol. The maximum atomic E-state index is 11.4. The van der Waals surface area contributed by atoms with Crippen molar-refractivity contribution in [3.63, 3.8) is 0 Å². The second-order valence-electron chi connectivity index (χ2n) is 4.43. The summed E-state index contributed by atoms with van der Waals surface area (Å²) in [5.41, 5.74) is 0. The summed E-state index contributed by atoms with van der Waals surface area (Å²) in [5.74, 6) is 0.170. The van der Waals surface area contributed by atoms with Crippen LogP contribution < -0.4 is 0 Å². The van der Waals surface area contributed by atoms with E-state index in [1.165, 1.54) is 0 Å². The fraction of sp³-hybridized carbons (Fsp3) is 0.833. The van der Waals surface area contributed by atoms with Crippen LogP contribution in [0.5, 0.6) is 0 Å². The van der Waals surface area contributed by atoms with Crippen LogP contribution in [0.1, 0.15) is 33.1 Å². The monoisotopic (exact) mass is 225 g/mol. The fourth-order valence-corrected chi connectivity index (χ4v) is 1.48. The van der Waals surface area contributed by atoms with Gasteiger partial charge in [0.15, 0.2) is 0 Å². The summed E-state index contributed by atoms with van der Waals surface area (Å²) in [6.07, 6.45) is 2.00. The van der Waals surface area contributed by atoms with Crippen LogP contribution in [0.4, 0.5) is 0 Å². The van der Waals surface area contributed by atoms with Crippen LogP contribution in [-0.2, 0) is 4.79 Å². The van der Waals surface area contributed by atoms with E-state index in [0.29, 0.717) is 18.9 Å². The lowest BCUT2D eigenvalue weighted by atomic mass is 10.2. The van der Waals surface area contributed by atoms with E-state index in [1.807, 2.05) is 0 Å². The molecule has 0 aromatic heterocycles. The second-order valence-corrected chi connectivity index (χ2v) is 4.43. The van der Waals surface area contributed by atoms with E-state index in [4.69, 9.17) is 5.26 Å². The van der Waals surface area contributed by atoms with Gasteiger partial charge in [-0.25, -0.2) is 0 Å². The second kappa shape index (κ2) is 8.12. The molecular formula is C12H23N3O. The standard InChI is InChI=1S/C12H23N3O/c1-11(2)15(10-6-8-13)9-5-7-12(16)14(3)4/h11H,5-7,9-10H2,1-4H3. The first kappa shape index (κ1) is 14.9. The average Bonchev–Trinajstić information content (AvgIpc) is 2.21. The van der Waals surface area contributed by atoms with E-state index in [0.717, 1.165) is 19.5 Å². The SMILES string of the molecule is CC(C)N(CCC#N)CCCC(=O)N(C)C. The van der Waals surface area contributed by atoms with E-state index in [9.17, 15) is 4.79 Å². The highest BCUT2D eigenvalue weighted by Gasteiger charge is 2.10. The molecule has 16 heavy (non-hydrogen) atoms. The molecule has 0 spiro atoms. The molecule has 92 valence electrons. The molecule has 0 saturated heterocycles. The van der Waals surface area contributed by atoms with Crippen LogP contribution in [-0.4, -0.2) is 48.9 Å². The highest BCUT2D eigenvalue weighted by molar-refractivity contribution is 5.75. The van der Waals surface area contributed by atoms with Gasteiger partial charge in [-0.15, -0.1) is 0 Å². The van der Waals surface area contributed by atoms with E-state index < -0.39 is 0 Å². The van der Waals surface area contributed by atoms with Crippen molar-refractivity contribution >= 4 is 5.91 Å². The van der Waals surface area contributed by atoms with Gasteiger partial charge in [-0.1, -0.05) is 0 Å². The number of carbonyl (C=O) groups is 1. The maximum Gasteiger partial charge on any atom is 0.222 e. The topological polar surface area (TPSA) is 47.3 Å². The lowest BCUT2D eigenvalue weighted by molar-refractivity contribution is -0.128. The zero-order valence-electron chi connectivity index (χ0n) is 10.9. The Morgan fingerprint density at radius 2 is 1.94 bits per heavy atom. The molecule has 1 amide bonds. The van der Waals surface area contributed by atoms with Gasteiger partial charge in [-0.05, 0) is 26.8 Å². The first-order valence-corrected chi connectivity index (χ1v) is 5.80. The summed E-state index contributed by atoms with van der Waals surface area (Å²) in [5, 5.41) is 8.55. The van der Waals surface area contributed by atoms with Gasteiger partial charge in [-0.2, -0.15) is 5.26 Å². The van der Waals surface area contributed by atoms with Gasteiger partial charge in [0, 0.05) is 39.5 Å². The van der Waals surface area contributed by atoms with Crippen molar-refractivity contribution in [2.24, 2.45) is 0 Å². The van der Waals surface area contributed by atoms with Crippen molar-refractivity contribution in [3.8, 4) is 6.07 Å². The first-order chi connectivity index (χ1) is 7.49. The molecule has 0 bridgehead atoms. The normalized spacial score (nSPS) is 10.6. The van der Waals surface area contributed by atoms with E-state index in [-0.39, 0.29) is 5.91 Å². The molecule has 0 aliphatic heterocycles. The third-order valence-electron chi connectivity index (χ3n) is 2.58. The number of nitrogens with zero attached hydrogens (tertiary/aromatic N) is 3. The Labute approximate surface area is 98.8 Å². The summed E-state index contributed by atoms with van der Waals surface area (Å²) >= 11 is 0. The third-order valence-corrected chi connectivity index (χ3v) is 2.58. The van der Waals surface area contributed by atoms with Gasteiger partial charge >= 0.3 is 0 Å². The maximum absolute atomic E-state index is 11.4. The van der Waals surface area contributed by atoms with Gasteiger partial charge in [-0.3, -0.25) is 9.69 Å². The minimum Gasteiger partial charge on any atom is -0.349 e. The molecule has 0 N–H and O–H groups in total. The molecule has 4 heteroatoms. The van der Waals surface area contributed by atoms with Gasteiger partial charge in [0.05, 0.1) is 6.07 Å². The highest BCUT2D eigenvalue weighted by atomic mass is 16.2. The van der Waals surface area contributed by atoms with Crippen LogP contribution in [0, 0.1) is 11.3 Å². The molecule has 0 aliphatic carbocycles. The number of carbonyl (C=O) groups excluding carboxylic acids is 1. The van der Waals surface area contributed by atoms with Crippen molar-refractivity contribution in [1.29, 1.82) is 5.26 Å². The summed E-state index contributed by atoms with van der Waals surface area (Å²) in [6.45, 7) is 5.92.